The van der Waals surface area contributed by atoms with Crippen molar-refractivity contribution in [3.05, 3.63) is 71.5 Å². The first-order valence-electron chi connectivity index (χ1n) is 8.44. The first-order valence-corrected chi connectivity index (χ1v) is 10.3. The molecule has 0 saturated carbocycles. The molecule has 3 aromatic rings. The minimum absolute atomic E-state index is 0.115. The Morgan fingerprint density at radius 1 is 1.00 bits per heavy atom. The van der Waals surface area contributed by atoms with E-state index in [1.807, 2.05) is 30.3 Å². The van der Waals surface area contributed by atoms with E-state index in [4.69, 9.17) is 0 Å². The summed E-state index contributed by atoms with van der Waals surface area (Å²) in [6.45, 7) is 0. The number of aromatic nitrogens is 4. The van der Waals surface area contributed by atoms with Crippen LogP contribution in [0, 0.1) is 0 Å². The monoisotopic (exact) mass is 410 g/mol. The van der Waals surface area contributed by atoms with Gasteiger partial charge in [-0.05, 0) is 40.6 Å². The Morgan fingerprint density at radius 3 is 2.46 bits per heavy atom. The van der Waals surface area contributed by atoms with Crippen LogP contribution in [0.2, 0.25) is 0 Å². The largest absolute Gasteiger partial charge is 0.416 e. The van der Waals surface area contributed by atoms with E-state index in [2.05, 4.69) is 15.5 Å². The van der Waals surface area contributed by atoms with E-state index in [9.17, 15) is 21.6 Å². The van der Waals surface area contributed by atoms with Crippen molar-refractivity contribution in [3.63, 3.8) is 0 Å². The number of para-hydroxylation sites is 1. The number of halogens is 3. The molecule has 28 heavy (non-hydrogen) atoms. The highest BCUT2D eigenvalue weighted by Gasteiger charge is 2.30. The molecule has 0 atom stereocenters. The lowest BCUT2D eigenvalue weighted by atomic mass is 10.1. The lowest BCUT2D eigenvalue weighted by Crippen LogP contribution is -2.12. The summed E-state index contributed by atoms with van der Waals surface area (Å²) < 4.78 is 64.4. The Bertz CT molecular complexity index is 1030. The highest BCUT2D eigenvalue weighted by atomic mass is 32.2. The summed E-state index contributed by atoms with van der Waals surface area (Å²) in [6, 6.07) is 13.5. The van der Waals surface area contributed by atoms with Gasteiger partial charge in [-0.25, -0.2) is 8.42 Å². The highest BCUT2D eigenvalue weighted by Crippen LogP contribution is 2.29. The molecular formula is C18H17F3N4O2S. The molecule has 0 amide bonds. The van der Waals surface area contributed by atoms with Crippen LogP contribution in [0.25, 0.3) is 5.69 Å². The van der Waals surface area contributed by atoms with Gasteiger partial charge in [0.05, 0.1) is 22.8 Å². The Kier molecular flexibility index (Phi) is 5.78. The first kappa shape index (κ1) is 20.0. The SMILES string of the molecule is O=S(=O)(CCCc1nnnn1-c1ccccc1)Cc1cccc(C(F)(F)F)c1. The zero-order valence-electron chi connectivity index (χ0n) is 14.7. The fourth-order valence-corrected chi connectivity index (χ4v) is 4.16. The smallest absolute Gasteiger partial charge is 0.228 e. The molecule has 10 heteroatoms. The fourth-order valence-electron chi connectivity index (χ4n) is 2.75. The van der Waals surface area contributed by atoms with Crippen LogP contribution in [0.3, 0.4) is 0 Å². The summed E-state index contributed by atoms with van der Waals surface area (Å²) in [5.74, 6) is -0.105. The van der Waals surface area contributed by atoms with E-state index in [-0.39, 0.29) is 17.7 Å². The molecule has 148 valence electrons. The van der Waals surface area contributed by atoms with Gasteiger partial charge in [-0.15, -0.1) is 5.10 Å². The molecule has 2 aromatic carbocycles. The van der Waals surface area contributed by atoms with Crippen molar-refractivity contribution in [2.75, 3.05) is 5.75 Å². The molecule has 0 unspecified atom stereocenters. The van der Waals surface area contributed by atoms with E-state index in [0.29, 0.717) is 12.2 Å². The molecule has 3 rings (SSSR count). The second kappa shape index (κ2) is 8.09. The van der Waals surface area contributed by atoms with E-state index < -0.39 is 27.3 Å². The minimum atomic E-state index is -4.51. The average Bonchev–Trinajstić information content (AvgIpc) is 3.10. The van der Waals surface area contributed by atoms with Crippen molar-refractivity contribution >= 4 is 9.84 Å². The van der Waals surface area contributed by atoms with Crippen molar-refractivity contribution in [2.45, 2.75) is 24.8 Å². The summed E-state index contributed by atoms with van der Waals surface area (Å²) in [5, 5.41) is 11.4. The second-order valence-electron chi connectivity index (χ2n) is 6.24. The predicted octanol–water partition coefficient (Wildman–Crippen LogP) is 3.23. The van der Waals surface area contributed by atoms with Crippen molar-refractivity contribution in [1.82, 2.24) is 20.2 Å². The molecule has 1 aromatic heterocycles. The van der Waals surface area contributed by atoms with E-state index in [1.165, 1.54) is 16.8 Å². The standard InChI is InChI=1S/C18H17F3N4O2S/c19-18(20,21)15-7-4-6-14(12-15)13-28(26,27)11-5-10-17-22-23-24-25(17)16-8-2-1-3-9-16/h1-4,6-9,12H,5,10-11,13H2. The normalized spacial score (nSPS) is 12.2. The van der Waals surface area contributed by atoms with E-state index >= 15 is 0 Å². The Balaban J connectivity index is 1.62. The topological polar surface area (TPSA) is 77.7 Å². The van der Waals surface area contributed by atoms with Crippen LogP contribution in [0.1, 0.15) is 23.4 Å². The van der Waals surface area contributed by atoms with Crippen molar-refractivity contribution in [1.29, 1.82) is 0 Å². The number of hydrogen-bond donors (Lipinski definition) is 0. The van der Waals surface area contributed by atoms with Gasteiger partial charge in [-0.1, -0.05) is 36.4 Å². The van der Waals surface area contributed by atoms with E-state index in [0.717, 1.165) is 17.8 Å². The van der Waals surface area contributed by atoms with Gasteiger partial charge in [-0.2, -0.15) is 17.9 Å². The number of nitrogens with zero attached hydrogens (tertiary/aromatic N) is 4. The molecule has 0 N–H and O–H groups in total. The molecular weight excluding hydrogens is 393 g/mol. The summed E-state index contributed by atoms with van der Waals surface area (Å²) in [4.78, 5) is 0. The van der Waals surface area contributed by atoms with Crippen molar-refractivity contribution in [2.24, 2.45) is 0 Å². The van der Waals surface area contributed by atoms with Crippen LogP contribution in [0.4, 0.5) is 13.2 Å². The third-order valence-corrected chi connectivity index (χ3v) is 5.72. The van der Waals surface area contributed by atoms with Gasteiger partial charge in [0.15, 0.2) is 15.7 Å². The maximum Gasteiger partial charge on any atom is 0.416 e. The number of hydrogen-bond acceptors (Lipinski definition) is 5. The number of tetrazole rings is 1. The van der Waals surface area contributed by atoms with Gasteiger partial charge in [0.1, 0.15) is 0 Å². The number of benzene rings is 2. The minimum Gasteiger partial charge on any atom is -0.228 e. The number of alkyl halides is 3. The van der Waals surface area contributed by atoms with Crippen LogP contribution in [0.15, 0.2) is 54.6 Å². The molecule has 0 bridgehead atoms. The number of aryl methyl sites for hydroxylation is 1. The molecule has 0 aliphatic heterocycles. The molecule has 1 heterocycles. The van der Waals surface area contributed by atoms with Crippen LogP contribution in [-0.2, 0) is 28.2 Å². The average molecular weight is 410 g/mol. The van der Waals surface area contributed by atoms with Crippen molar-refractivity contribution in [3.8, 4) is 5.69 Å². The van der Waals surface area contributed by atoms with Gasteiger partial charge in [0.2, 0.25) is 0 Å². The van der Waals surface area contributed by atoms with Crippen LogP contribution < -0.4 is 0 Å². The van der Waals surface area contributed by atoms with E-state index in [1.54, 1.807) is 0 Å². The molecule has 0 spiro atoms. The Hall–Kier alpha value is -2.75. The summed E-state index contributed by atoms with van der Waals surface area (Å²) >= 11 is 0. The lowest BCUT2D eigenvalue weighted by molar-refractivity contribution is -0.137. The van der Waals surface area contributed by atoms with Gasteiger partial charge in [-0.3, -0.25) is 0 Å². The zero-order chi connectivity index (χ0) is 20.2. The highest BCUT2D eigenvalue weighted by molar-refractivity contribution is 7.90. The van der Waals surface area contributed by atoms with Crippen LogP contribution >= 0.6 is 0 Å². The third kappa shape index (κ3) is 5.16. The third-order valence-electron chi connectivity index (χ3n) is 4.03. The van der Waals surface area contributed by atoms with Gasteiger partial charge >= 0.3 is 6.18 Å². The van der Waals surface area contributed by atoms with Crippen LogP contribution in [-0.4, -0.2) is 34.4 Å². The molecule has 0 aliphatic carbocycles. The first-order chi connectivity index (χ1) is 13.2. The maximum atomic E-state index is 12.8. The van der Waals surface area contributed by atoms with Gasteiger partial charge < -0.3 is 0 Å². The second-order valence-corrected chi connectivity index (χ2v) is 8.42. The number of rotatable bonds is 7. The molecule has 0 fully saturated rings. The quantitative estimate of drug-likeness (QED) is 0.598. The zero-order valence-corrected chi connectivity index (χ0v) is 15.5. The molecule has 0 radical (unpaired) electrons. The predicted molar refractivity (Wildman–Crippen MR) is 96.4 cm³/mol. The van der Waals surface area contributed by atoms with Crippen molar-refractivity contribution < 1.29 is 21.6 Å². The van der Waals surface area contributed by atoms with Gasteiger partial charge in [0, 0.05) is 6.42 Å². The molecule has 0 saturated heterocycles. The Labute approximate surface area is 159 Å². The van der Waals surface area contributed by atoms with Crippen LogP contribution in [0.5, 0.6) is 0 Å². The molecule has 6 nitrogen and oxygen atoms in total. The number of sulfone groups is 1. The van der Waals surface area contributed by atoms with Gasteiger partial charge in [0.25, 0.3) is 0 Å². The lowest BCUT2D eigenvalue weighted by Gasteiger charge is -2.09. The molecule has 0 aliphatic rings. The fraction of sp³-hybridized carbons (Fsp3) is 0.278. The summed E-state index contributed by atoms with van der Waals surface area (Å²) in [6.07, 6.45) is -3.92. The summed E-state index contributed by atoms with van der Waals surface area (Å²) in [5.41, 5.74) is 0.0144. The maximum absolute atomic E-state index is 12.8. The summed E-state index contributed by atoms with van der Waals surface area (Å²) in [7, 11) is -3.57. The Morgan fingerprint density at radius 2 is 1.75 bits per heavy atom.